The van der Waals surface area contributed by atoms with E-state index in [0.29, 0.717) is 32.5 Å². The van der Waals surface area contributed by atoms with Gasteiger partial charge in [-0.25, -0.2) is 23.4 Å². The minimum absolute atomic E-state index is 0.00428. The van der Waals surface area contributed by atoms with Gasteiger partial charge in [-0.1, -0.05) is 0 Å². The number of rotatable bonds is 5. The Bertz CT molecular complexity index is 1110. The number of aliphatic hydroxyl groups excluding tert-OH is 1. The third-order valence-corrected chi connectivity index (χ3v) is 7.02. The number of piperidine rings is 1. The number of fused-ring (bicyclic) bond motifs is 1. The Labute approximate surface area is 188 Å². The highest BCUT2D eigenvalue weighted by Crippen LogP contribution is 2.33. The lowest BCUT2D eigenvalue weighted by molar-refractivity contribution is -0.141. The molecule has 2 aliphatic rings. The molecule has 2 aromatic heterocycles. The minimum atomic E-state index is -4.63. The van der Waals surface area contributed by atoms with Crippen LogP contribution in [0.25, 0.3) is 10.9 Å². The molecule has 2 aromatic rings. The van der Waals surface area contributed by atoms with E-state index >= 15 is 0 Å². The molecule has 14 heteroatoms. The Morgan fingerprint density at radius 3 is 2.55 bits per heavy atom. The Morgan fingerprint density at radius 2 is 1.91 bits per heavy atom. The third kappa shape index (κ3) is 5.62. The number of β-amino-alcohol motifs (C(OH)–C–C–N with tert-alkyl or cyclic N) is 1. The predicted molar refractivity (Wildman–Crippen MR) is 114 cm³/mol. The van der Waals surface area contributed by atoms with Crippen molar-refractivity contribution in [2.75, 3.05) is 43.2 Å². The van der Waals surface area contributed by atoms with Gasteiger partial charge in [-0.05, 0) is 25.3 Å². The van der Waals surface area contributed by atoms with Gasteiger partial charge < -0.3 is 20.5 Å². The summed E-state index contributed by atoms with van der Waals surface area (Å²) in [5, 5.41) is 16.6. The molecule has 0 radical (unpaired) electrons. The van der Waals surface area contributed by atoms with Gasteiger partial charge in [0.15, 0.2) is 5.82 Å². The summed E-state index contributed by atoms with van der Waals surface area (Å²) in [4.78, 5) is 12.3. The van der Waals surface area contributed by atoms with Gasteiger partial charge in [0.1, 0.15) is 11.2 Å². The van der Waals surface area contributed by atoms with Crippen molar-refractivity contribution >= 4 is 32.7 Å². The molecular weight excluding hydrogens is 465 g/mol. The third-order valence-electron chi connectivity index (χ3n) is 5.75. The smallest absolute Gasteiger partial charge is 0.390 e. The first-order chi connectivity index (χ1) is 15.5. The second kappa shape index (κ2) is 9.16. The number of halogens is 3. The zero-order valence-corrected chi connectivity index (χ0v) is 18.7. The molecule has 0 aromatic carbocycles. The predicted octanol–water partition coefficient (Wildman–Crippen LogP) is 1.44. The number of pyridine rings is 1. The summed E-state index contributed by atoms with van der Waals surface area (Å²) in [5.41, 5.74) is -0.826. The monoisotopic (exact) mass is 490 g/mol. The van der Waals surface area contributed by atoms with E-state index < -0.39 is 34.0 Å². The second-order valence-corrected chi connectivity index (χ2v) is 10.2. The number of nitrogens with one attached hydrogen (secondary N) is 2. The number of aromatic nitrogens is 3. The fourth-order valence-electron chi connectivity index (χ4n) is 3.93. The van der Waals surface area contributed by atoms with Crippen LogP contribution >= 0.6 is 0 Å². The molecule has 0 aliphatic carbocycles. The number of ether oxygens (including phenoxy) is 1. The lowest BCUT2D eigenvalue weighted by atomic mass is 10.0. The molecule has 0 saturated carbocycles. The molecule has 2 saturated heterocycles. The summed E-state index contributed by atoms with van der Waals surface area (Å²) in [6.45, 7) is 1.15. The summed E-state index contributed by atoms with van der Waals surface area (Å²) >= 11 is 0. The fourth-order valence-corrected chi connectivity index (χ4v) is 4.79. The molecule has 2 aliphatic heterocycles. The normalized spacial score (nSPS) is 23.5. The Balaban J connectivity index is 1.61. The van der Waals surface area contributed by atoms with E-state index in [4.69, 9.17) is 4.74 Å². The van der Waals surface area contributed by atoms with E-state index in [9.17, 15) is 26.7 Å². The summed E-state index contributed by atoms with van der Waals surface area (Å²) in [6, 6.07) is 0.273. The molecule has 2 fully saturated rings. The highest BCUT2D eigenvalue weighted by molar-refractivity contribution is 7.88. The van der Waals surface area contributed by atoms with Gasteiger partial charge in [0.2, 0.25) is 16.0 Å². The maximum Gasteiger partial charge on any atom is 0.433 e. The van der Waals surface area contributed by atoms with Crippen LogP contribution in [0.2, 0.25) is 0 Å². The Kier molecular flexibility index (Phi) is 6.62. The van der Waals surface area contributed by atoms with Crippen LogP contribution in [0.4, 0.5) is 24.9 Å². The molecule has 0 spiro atoms. The van der Waals surface area contributed by atoms with Crippen molar-refractivity contribution in [3.05, 3.63) is 18.0 Å². The number of aliphatic hydroxyl groups is 1. The van der Waals surface area contributed by atoms with Crippen molar-refractivity contribution in [3.63, 3.8) is 0 Å². The van der Waals surface area contributed by atoms with Gasteiger partial charge in [-0.3, -0.25) is 0 Å². The molecule has 33 heavy (non-hydrogen) atoms. The van der Waals surface area contributed by atoms with Crippen molar-refractivity contribution in [2.45, 2.75) is 43.6 Å². The lowest BCUT2D eigenvalue weighted by Gasteiger charge is -2.34. The molecule has 4 heterocycles. The van der Waals surface area contributed by atoms with Gasteiger partial charge in [-0.15, -0.1) is 0 Å². The summed E-state index contributed by atoms with van der Waals surface area (Å²) in [7, 11) is -3.42. The SMILES string of the molecule is CS(=O)(=O)N1CC[C@@H](Nc2ncc3cc(C(F)(F)F)nc(NC4CCOCC4)c3n2)[C@H](O)C1. The second-order valence-electron chi connectivity index (χ2n) is 8.24. The maximum absolute atomic E-state index is 13.4. The number of nitrogens with zero attached hydrogens (tertiary/aromatic N) is 4. The summed E-state index contributed by atoms with van der Waals surface area (Å²) in [5.74, 6) is 0.112. The zero-order valence-electron chi connectivity index (χ0n) is 17.8. The molecule has 2 atom stereocenters. The van der Waals surface area contributed by atoms with Crippen molar-refractivity contribution in [2.24, 2.45) is 0 Å². The number of alkyl halides is 3. The highest BCUT2D eigenvalue weighted by Gasteiger charge is 2.35. The van der Waals surface area contributed by atoms with Crippen molar-refractivity contribution in [3.8, 4) is 0 Å². The van der Waals surface area contributed by atoms with Gasteiger partial charge in [0, 0.05) is 43.9 Å². The largest absolute Gasteiger partial charge is 0.433 e. The number of hydrogen-bond donors (Lipinski definition) is 3. The zero-order chi connectivity index (χ0) is 23.8. The Hall–Kier alpha value is -2.29. The first-order valence-electron chi connectivity index (χ1n) is 10.5. The first kappa shape index (κ1) is 23.9. The van der Waals surface area contributed by atoms with Gasteiger partial charge >= 0.3 is 6.18 Å². The van der Waals surface area contributed by atoms with Gasteiger partial charge in [-0.2, -0.15) is 17.5 Å². The molecule has 4 rings (SSSR count). The average Bonchev–Trinajstić information content (AvgIpc) is 2.74. The molecule has 0 amide bonds. The lowest BCUT2D eigenvalue weighted by Crippen LogP contribution is -2.51. The van der Waals surface area contributed by atoms with E-state index in [1.54, 1.807) is 0 Å². The highest BCUT2D eigenvalue weighted by atomic mass is 32.2. The van der Waals surface area contributed by atoms with Crippen LogP contribution in [0.5, 0.6) is 0 Å². The van der Waals surface area contributed by atoms with E-state index in [1.165, 1.54) is 10.5 Å². The summed E-state index contributed by atoms with van der Waals surface area (Å²) in [6.07, 6.45) is -1.72. The van der Waals surface area contributed by atoms with Gasteiger partial charge in [0.05, 0.1) is 18.4 Å². The van der Waals surface area contributed by atoms with Crippen LogP contribution < -0.4 is 10.6 Å². The number of hydrogen-bond acceptors (Lipinski definition) is 9. The van der Waals surface area contributed by atoms with Crippen LogP contribution in [-0.4, -0.2) is 83.5 Å². The van der Waals surface area contributed by atoms with E-state index in [2.05, 4.69) is 25.6 Å². The fraction of sp³-hybridized carbons (Fsp3) is 0.632. The van der Waals surface area contributed by atoms with Crippen LogP contribution in [0.15, 0.2) is 12.3 Å². The Morgan fingerprint density at radius 1 is 1.18 bits per heavy atom. The molecule has 10 nitrogen and oxygen atoms in total. The van der Waals surface area contributed by atoms with E-state index in [1.807, 2.05) is 0 Å². The van der Waals surface area contributed by atoms with Crippen molar-refractivity contribution < 1.29 is 31.4 Å². The minimum Gasteiger partial charge on any atom is -0.390 e. The van der Waals surface area contributed by atoms with Crippen LogP contribution in [0, 0.1) is 0 Å². The van der Waals surface area contributed by atoms with E-state index in [0.717, 1.165) is 12.3 Å². The van der Waals surface area contributed by atoms with Crippen molar-refractivity contribution in [1.82, 2.24) is 19.3 Å². The van der Waals surface area contributed by atoms with Gasteiger partial charge in [0.25, 0.3) is 0 Å². The topological polar surface area (TPSA) is 130 Å². The van der Waals surface area contributed by atoms with Crippen LogP contribution in [-0.2, 0) is 20.9 Å². The molecule has 0 bridgehead atoms. The number of sulfonamides is 1. The summed E-state index contributed by atoms with van der Waals surface area (Å²) < 4.78 is 70.1. The molecule has 0 unspecified atom stereocenters. The molecular formula is C19H25F3N6O4S. The quantitative estimate of drug-likeness (QED) is 0.570. The molecule has 3 N–H and O–H groups in total. The van der Waals surface area contributed by atoms with E-state index in [-0.39, 0.29) is 41.8 Å². The first-order valence-corrected chi connectivity index (χ1v) is 12.3. The average molecular weight is 491 g/mol. The number of anilines is 2. The van der Waals surface area contributed by atoms with Crippen LogP contribution in [0.3, 0.4) is 0 Å². The molecule has 182 valence electrons. The van der Waals surface area contributed by atoms with Crippen LogP contribution in [0.1, 0.15) is 25.0 Å². The van der Waals surface area contributed by atoms with Crippen molar-refractivity contribution in [1.29, 1.82) is 0 Å². The standard InChI is InChI=1S/C19H25F3N6O4S/c1-33(30,31)28-5-2-13(14(29)10-28)25-18-23-9-11-8-15(19(20,21)22)26-17(16(11)27-18)24-12-3-6-32-7-4-12/h8-9,12-14,29H,2-7,10H2,1H3,(H,24,26)(H,23,25,27)/t13-,14-/m1/s1. The maximum atomic E-state index is 13.4.